The summed E-state index contributed by atoms with van der Waals surface area (Å²) in [7, 11) is 0. The molecule has 3 rings (SSSR count). The van der Waals surface area contributed by atoms with Crippen molar-refractivity contribution in [2.24, 2.45) is 5.92 Å². The number of carbonyl (C=O) groups is 3. The molecule has 1 saturated carbocycles. The Bertz CT molecular complexity index is 668. The Hall–Kier alpha value is -2.08. The van der Waals surface area contributed by atoms with Gasteiger partial charge in [-0.3, -0.25) is 15.0 Å². The van der Waals surface area contributed by atoms with Crippen molar-refractivity contribution in [1.82, 2.24) is 15.8 Å². The fourth-order valence-electron chi connectivity index (χ4n) is 3.12. The SMILES string of the molecule is CC1CCC2(CC1)NC(=O)N(NC(=O)c1ccccc1Cl)C2=O. The molecule has 6 nitrogen and oxygen atoms in total. The number of imide groups is 1. The summed E-state index contributed by atoms with van der Waals surface area (Å²) >= 11 is 5.97. The van der Waals surface area contributed by atoms with Gasteiger partial charge in [0.2, 0.25) is 0 Å². The van der Waals surface area contributed by atoms with Gasteiger partial charge in [0, 0.05) is 0 Å². The third-order valence-electron chi connectivity index (χ3n) is 4.62. The maximum Gasteiger partial charge on any atom is 0.344 e. The van der Waals surface area contributed by atoms with Crippen molar-refractivity contribution in [3.63, 3.8) is 0 Å². The van der Waals surface area contributed by atoms with E-state index in [1.165, 1.54) is 6.07 Å². The van der Waals surface area contributed by atoms with Crippen molar-refractivity contribution in [2.45, 2.75) is 38.1 Å². The highest BCUT2D eigenvalue weighted by Gasteiger charge is 2.52. The van der Waals surface area contributed by atoms with Crippen LogP contribution in [0.25, 0.3) is 0 Å². The van der Waals surface area contributed by atoms with E-state index in [2.05, 4.69) is 17.7 Å². The van der Waals surface area contributed by atoms with Crippen molar-refractivity contribution in [2.75, 3.05) is 0 Å². The topological polar surface area (TPSA) is 78.5 Å². The number of benzene rings is 1. The zero-order chi connectivity index (χ0) is 16.6. The molecular formula is C16H18ClN3O3. The van der Waals surface area contributed by atoms with E-state index in [9.17, 15) is 14.4 Å². The molecule has 0 unspecified atom stereocenters. The summed E-state index contributed by atoms with van der Waals surface area (Å²) in [6.07, 6.45) is 2.94. The minimum absolute atomic E-state index is 0.216. The van der Waals surface area contributed by atoms with Gasteiger partial charge in [-0.1, -0.05) is 30.7 Å². The smallest absolute Gasteiger partial charge is 0.322 e. The maximum absolute atomic E-state index is 12.6. The van der Waals surface area contributed by atoms with Gasteiger partial charge in [0.05, 0.1) is 10.6 Å². The Kier molecular flexibility index (Phi) is 4.02. The largest absolute Gasteiger partial charge is 0.344 e. The number of halogens is 1. The summed E-state index contributed by atoms with van der Waals surface area (Å²) in [6, 6.07) is 5.88. The van der Waals surface area contributed by atoms with Crippen LogP contribution in [-0.4, -0.2) is 28.4 Å². The summed E-state index contributed by atoms with van der Waals surface area (Å²) in [6.45, 7) is 2.13. The first kappa shape index (κ1) is 15.8. The van der Waals surface area contributed by atoms with Crippen molar-refractivity contribution in [1.29, 1.82) is 0 Å². The van der Waals surface area contributed by atoms with Crippen molar-refractivity contribution in [3.05, 3.63) is 34.9 Å². The summed E-state index contributed by atoms with van der Waals surface area (Å²) in [5.41, 5.74) is 1.70. The lowest BCUT2D eigenvalue weighted by molar-refractivity contribution is -0.134. The minimum Gasteiger partial charge on any atom is -0.322 e. The number of urea groups is 1. The summed E-state index contributed by atoms with van der Waals surface area (Å²) in [5.74, 6) is -0.438. The fourth-order valence-corrected chi connectivity index (χ4v) is 3.34. The quantitative estimate of drug-likeness (QED) is 0.815. The van der Waals surface area contributed by atoms with Crippen LogP contribution in [-0.2, 0) is 4.79 Å². The van der Waals surface area contributed by atoms with Crippen LogP contribution in [0, 0.1) is 5.92 Å². The highest BCUT2D eigenvalue weighted by molar-refractivity contribution is 6.33. The molecule has 2 aliphatic rings. The Morgan fingerprint density at radius 3 is 2.61 bits per heavy atom. The van der Waals surface area contributed by atoms with Gasteiger partial charge in [-0.15, -0.1) is 0 Å². The standard InChI is InChI=1S/C16H18ClN3O3/c1-10-6-8-16(9-7-10)14(22)20(15(23)18-16)19-13(21)11-4-2-3-5-12(11)17/h2-5,10H,6-9H2,1H3,(H,18,23)(H,19,21). The lowest BCUT2D eigenvalue weighted by atomic mass is 9.77. The van der Waals surface area contributed by atoms with Gasteiger partial charge < -0.3 is 5.32 Å². The van der Waals surface area contributed by atoms with Crippen LogP contribution in [0.3, 0.4) is 0 Å². The van der Waals surface area contributed by atoms with Crippen LogP contribution < -0.4 is 10.7 Å². The van der Waals surface area contributed by atoms with Crippen molar-refractivity contribution >= 4 is 29.4 Å². The van der Waals surface area contributed by atoms with Gasteiger partial charge in [0.1, 0.15) is 5.54 Å². The Balaban J connectivity index is 1.76. The fraction of sp³-hybridized carbons (Fsp3) is 0.438. The molecule has 0 bridgehead atoms. The number of hydrogen-bond acceptors (Lipinski definition) is 3. The van der Waals surface area contributed by atoms with Gasteiger partial charge in [0.15, 0.2) is 0 Å². The molecule has 1 saturated heterocycles. The Morgan fingerprint density at radius 1 is 1.30 bits per heavy atom. The van der Waals surface area contributed by atoms with E-state index in [1.54, 1.807) is 18.2 Å². The molecule has 1 aromatic rings. The van der Waals surface area contributed by atoms with E-state index < -0.39 is 23.4 Å². The molecule has 23 heavy (non-hydrogen) atoms. The van der Waals surface area contributed by atoms with E-state index in [0.717, 1.165) is 17.9 Å². The molecule has 1 aliphatic heterocycles. The zero-order valence-electron chi connectivity index (χ0n) is 12.8. The molecule has 2 N–H and O–H groups in total. The molecule has 0 aromatic heterocycles. The highest BCUT2D eigenvalue weighted by Crippen LogP contribution is 2.35. The van der Waals surface area contributed by atoms with Gasteiger partial charge in [-0.2, -0.15) is 5.01 Å². The lowest BCUT2D eigenvalue weighted by Gasteiger charge is -2.33. The third-order valence-corrected chi connectivity index (χ3v) is 4.95. The van der Waals surface area contributed by atoms with Gasteiger partial charge >= 0.3 is 6.03 Å². The van der Waals surface area contributed by atoms with E-state index in [-0.39, 0.29) is 10.6 Å². The normalized spacial score (nSPS) is 27.2. The van der Waals surface area contributed by atoms with Crippen LogP contribution in [0.4, 0.5) is 4.79 Å². The molecule has 0 radical (unpaired) electrons. The molecule has 122 valence electrons. The van der Waals surface area contributed by atoms with Crippen LogP contribution >= 0.6 is 11.6 Å². The van der Waals surface area contributed by atoms with Gasteiger partial charge in [-0.05, 0) is 43.7 Å². The molecule has 1 spiro atoms. The first-order chi connectivity index (χ1) is 10.9. The maximum atomic E-state index is 12.6. The molecule has 4 amide bonds. The molecule has 1 aliphatic carbocycles. The monoisotopic (exact) mass is 335 g/mol. The predicted octanol–water partition coefficient (Wildman–Crippen LogP) is 2.49. The average molecular weight is 336 g/mol. The van der Waals surface area contributed by atoms with Crippen LogP contribution in [0.5, 0.6) is 0 Å². The molecule has 1 aromatic carbocycles. The van der Waals surface area contributed by atoms with Gasteiger partial charge in [0.25, 0.3) is 11.8 Å². The molecular weight excluding hydrogens is 318 g/mol. The number of nitrogens with one attached hydrogen (secondary N) is 2. The molecule has 0 atom stereocenters. The number of nitrogens with zero attached hydrogens (tertiary/aromatic N) is 1. The molecule has 2 fully saturated rings. The van der Waals surface area contributed by atoms with Crippen LogP contribution in [0.1, 0.15) is 43.0 Å². The molecule has 1 heterocycles. The van der Waals surface area contributed by atoms with Crippen molar-refractivity contribution < 1.29 is 14.4 Å². The van der Waals surface area contributed by atoms with Crippen LogP contribution in [0.15, 0.2) is 24.3 Å². The second-order valence-electron chi connectivity index (χ2n) is 6.26. The number of hydrazine groups is 1. The Morgan fingerprint density at radius 2 is 1.96 bits per heavy atom. The number of hydrogen-bond donors (Lipinski definition) is 2. The first-order valence-corrected chi connectivity index (χ1v) is 8.03. The van der Waals surface area contributed by atoms with E-state index in [1.807, 2.05) is 0 Å². The molecule has 7 heteroatoms. The second kappa shape index (κ2) is 5.85. The zero-order valence-corrected chi connectivity index (χ0v) is 13.5. The van der Waals surface area contributed by atoms with Gasteiger partial charge in [-0.25, -0.2) is 4.79 Å². The highest BCUT2D eigenvalue weighted by atomic mass is 35.5. The summed E-state index contributed by atoms with van der Waals surface area (Å²) < 4.78 is 0. The van der Waals surface area contributed by atoms with Crippen molar-refractivity contribution in [3.8, 4) is 0 Å². The van der Waals surface area contributed by atoms with E-state index >= 15 is 0 Å². The summed E-state index contributed by atoms with van der Waals surface area (Å²) in [4.78, 5) is 37.1. The summed E-state index contributed by atoms with van der Waals surface area (Å²) in [5, 5.41) is 3.79. The third kappa shape index (κ3) is 2.79. The minimum atomic E-state index is -0.878. The number of rotatable bonds is 2. The van der Waals surface area contributed by atoms with E-state index in [4.69, 9.17) is 11.6 Å². The van der Waals surface area contributed by atoms with Crippen LogP contribution in [0.2, 0.25) is 5.02 Å². The van der Waals surface area contributed by atoms with E-state index in [0.29, 0.717) is 18.8 Å². The lowest BCUT2D eigenvalue weighted by Crippen LogP contribution is -2.51. The predicted molar refractivity (Wildman–Crippen MR) is 84.7 cm³/mol. The number of carbonyl (C=O) groups excluding carboxylic acids is 3. The first-order valence-electron chi connectivity index (χ1n) is 7.65. The Labute approximate surface area is 139 Å². The average Bonchev–Trinajstić information content (AvgIpc) is 2.75. The number of amides is 4. The second-order valence-corrected chi connectivity index (χ2v) is 6.66.